The zero-order valence-electron chi connectivity index (χ0n) is 8.50. The molecule has 13 heavy (non-hydrogen) atoms. The number of rotatable bonds is 6. The van der Waals surface area contributed by atoms with Crippen LogP contribution in [0.3, 0.4) is 0 Å². The maximum absolute atomic E-state index is 10.4. The third-order valence-electron chi connectivity index (χ3n) is 2.42. The van der Waals surface area contributed by atoms with Gasteiger partial charge in [-0.1, -0.05) is 13.8 Å². The first kappa shape index (κ1) is 12.4. The molecule has 4 nitrogen and oxygen atoms in total. The van der Waals surface area contributed by atoms with Gasteiger partial charge in [-0.3, -0.25) is 4.79 Å². The summed E-state index contributed by atoms with van der Waals surface area (Å²) in [4.78, 5) is 10.4. The van der Waals surface area contributed by atoms with E-state index in [4.69, 9.17) is 5.11 Å². The normalized spacial score (nSPS) is 14.2. The molecule has 0 spiro atoms. The van der Waals surface area contributed by atoms with Crippen LogP contribution in [0.4, 0.5) is 0 Å². The van der Waals surface area contributed by atoms with Crippen molar-refractivity contribution in [2.75, 3.05) is 6.54 Å². The smallest absolute Gasteiger partial charge is 0.320 e. The van der Waals surface area contributed by atoms with Crippen molar-refractivity contribution >= 4 is 5.97 Å². The molecule has 0 aromatic rings. The molecule has 0 saturated carbocycles. The van der Waals surface area contributed by atoms with Crippen LogP contribution in [0.1, 0.15) is 33.6 Å². The van der Waals surface area contributed by atoms with Crippen LogP contribution < -0.4 is 5.32 Å². The molecule has 0 amide bonds. The molecule has 1 unspecified atom stereocenters. The number of carbonyl (C=O) groups is 1. The SMILES string of the molecule is CCC(O)(CC)CNC(C)C(=O)O. The zero-order valence-corrected chi connectivity index (χ0v) is 8.50. The molecule has 0 radical (unpaired) electrons. The van der Waals surface area contributed by atoms with E-state index in [9.17, 15) is 9.90 Å². The lowest BCUT2D eigenvalue weighted by atomic mass is 9.97. The molecule has 0 saturated heterocycles. The van der Waals surface area contributed by atoms with Crippen LogP contribution in [0.2, 0.25) is 0 Å². The van der Waals surface area contributed by atoms with Crippen molar-refractivity contribution < 1.29 is 15.0 Å². The van der Waals surface area contributed by atoms with Gasteiger partial charge in [0.05, 0.1) is 5.60 Å². The van der Waals surface area contributed by atoms with E-state index < -0.39 is 17.6 Å². The molecule has 0 aliphatic rings. The maximum Gasteiger partial charge on any atom is 0.320 e. The molecule has 4 heteroatoms. The molecule has 0 aromatic heterocycles. The number of nitrogens with one attached hydrogen (secondary N) is 1. The predicted molar refractivity (Wildman–Crippen MR) is 50.6 cm³/mol. The average Bonchev–Trinajstić information content (AvgIpc) is 2.13. The molecule has 1 atom stereocenters. The number of carboxylic acid groups (broad SMARTS) is 1. The van der Waals surface area contributed by atoms with Gasteiger partial charge in [0.1, 0.15) is 6.04 Å². The van der Waals surface area contributed by atoms with E-state index in [1.807, 2.05) is 13.8 Å². The predicted octanol–water partition coefficient (Wildman–Crippen LogP) is 0.600. The van der Waals surface area contributed by atoms with Crippen molar-refractivity contribution in [2.24, 2.45) is 0 Å². The maximum atomic E-state index is 10.4. The van der Waals surface area contributed by atoms with Gasteiger partial charge in [-0.2, -0.15) is 0 Å². The van der Waals surface area contributed by atoms with Gasteiger partial charge in [0.25, 0.3) is 0 Å². The Bertz CT molecular complexity index is 166. The lowest BCUT2D eigenvalue weighted by molar-refractivity contribution is -0.139. The molecular formula is C9H19NO3. The topological polar surface area (TPSA) is 69.6 Å². The summed E-state index contributed by atoms with van der Waals surface area (Å²) in [6.45, 7) is 5.66. The summed E-state index contributed by atoms with van der Waals surface area (Å²) >= 11 is 0. The summed E-state index contributed by atoms with van der Waals surface area (Å²) in [6, 6.07) is -0.607. The van der Waals surface area contributed by atoms with Crippen molar-refractivity contribution in [3.63, 3.8) is 0 Å². The number of aliphatic carboxylic acids is 1. The van der Waals surface area contributed by atoms with E-state index in [0.29, 0.717) is 19.4 Å². The van der Waals surface area contributed by atoms with E-state index in [1.54, 1.807) is 6.92 Å². The fourth-order valence-corrected chi connectivity index (χ4v) is 0.930. The molecule has 0 aromatic carbocycles. The number of aliphatic hydroxyl groups is 1. The van der Waals surface area contributed by atoms with Gasteiger partial charge in [-0.05, 0) is 19.8 Å². The Labute approximate surface area is 79.0 Å². The van der Waals surface area contributed by atoms with Crippen molar-refractivity contribution in [2.45, 2.75) is 45.3 Å². The summed E-state index contributed by atoms with van der Waals surface area (Å²) < 4.78 is 0. The van der Waals surface area contributed by atoms with Gasteiger partial charge < -0.3 is 15.5 Å². The quantitative estimate of drug-likeness (QED) is 0.572. The van der Waals surface area contributed by atoms with Gasteiger partial charge in [0.2, 0.25) is 0 Å². The van der Waals surface area contributed by atoms with Gasteiger partial charge in [-0.15, -0.1) is 0 Å². The van der Waals surface area contributed by atoms with E-state index >= 15 is 0 Å². The first-order chi connectivity index (χ1) is 5.95. The fraction of sp³-hybridized carbons (Fsp3) is 0.889. The first-order valence-electron chi connectivity index (χ1n) is 4.63. The van der Waals surface area contributed by atoms with Crippen molar-refractivity contribution in [1.29, 1.82) is 0 Å². The van der Waals surface area contributed by atoms with Crippen LogP contribution in [0.5, 0.6) is 0 Å². The fourth-order valence-electron chi connectivity index (χ4n) is 0.930. The summed E-state index contributed by atoms with van der Waals surface area (Å²) in [5.41, 5.74) is -0.774. The van der Waals surface area contributed by atoms with E-state index in [1.165, 1.54) is 0 Å². The van der Waals surface area contributed by atoms with Gasteiger partial charge in [-0.25, -0.2) is 0 Å². The van der Waals surface area contributed by atoms with Crippen molar-refractivity contribution in [1.82, 2.24) is 5.32 Å². The van der Waals surface area contributed by atoms with Crippen LogP contribution in [0.15, 0.2) is 0 Å². The highest BCUT2D eigenvalue weighted by molar-refractivity contribution is 5.72. The standard InChI is InChI=1S/C9H19NO3/c1-4-9(13,5-2)6-10-7(3)8(11)12/h7,10,13H,4-6H2,1-3H3,(H,11,12). The van der Waals surface area contributed by atoms with E-state index in [-0.39, 0.29) is 0 Å². The lowest BCUT2D eigenvalue weighted by Crippen LogP contribution is -2.45. The second-order valence-electron chi connectivity index (χ2n) is 3.37. The molecule has 78 valence electrons. The van der Waals surface area contributed by atoms with Crippen molar-refractivity contribution in [3.05, 3.63) is 0 Å². The lowest BCUT2D eigenvalue weighted by Gasteiger charge is -2.26. The molecule has 3 N–H and O–H groups in total. The van der Waals surface area contributed by atoms with Crippen LogP contribution in [0.25, 0.3) is 0 Å². The highest BCUT2D eigenvalue weighted by Crippen LogP contribution is 2.12. The molecule has 0 heterocycles. The minimum absolute atomic E-state index is 0.327. The van der Waals surface area contributed by atoms with E-state index in [0.717, 1.165) is 0 Å². The summed E-state index contributed by atoms with van der Waals surface area (Å²) in [7, 11) is 0. The molecule has 0 rings (SSSR count). The van der Waals surface area contributed by atoms with Gasteiger partial charge in [0, 0.05) is 6.54 Å². The Hall–Kier alpha value is -0.610. The highest BCUT2D eigenvalue weighted by Gasteiger charge is 2.23. The Morgan fingerprint density at radius 3 is 2.23 bits per heavy atom. The summed E-state index contributed by atoms with van der Waals surface area (Å²) in [5.74, 6) is -0.894. The van der Waals surface area contributed by atoms with Crippen LogP contribution in [0, 0.1) is 0 Å². The Balaban J connectivity index is 3.92. The Morgan fingerprint density at radius 2 is 1.92 bits per heavy atom. The Morgan fingerprint density at radius 1 is 1.46 bits per heavy atom. The number of carboxylic acids is 1. The monoisotopic (exact) mass is 189 g/mol. The third-order valence-corrected chi connectivity index (χ3v) is 2.42. The van der Waals surface area contributed by atoms with Crippen LogP contribution in [-0.2, 0) is 4.79 Å². The summed E-state index contributed by atoms with van der Waals surface area (Å²) in [6.07, 6.45) is 1.26. The van der Waals surface area contributed by atoms with Crippen molar-refractivity contribution in [3.8, 4) is 0 Å². The highest BCUT2D eigenvalue weighted by atomic mass is 16.4. The third kappa shape index (κ3) is 4.24. The van der Waals surface area contributed by atoms with Crippen LogP contribution in [-0.4, -0.2) is 34.4 Å². The minimum atomic E-state index is -0.894. The number of hydrogen-bond acceptors (Lipinski definition) is 3. The molecular weight excluding hydrogens is 170 g/mol. The largest absolute Gasteiger partial charge is 0.480 e. The van der Waals surface area contributed by atoms with Crippen LogP contribution >= 0.6 is 0 Å². The van der Waals surface area contributed by atoms with Gasteiger partial charge in [0.15, 0.2) is 0 Å². The zero-order chi connectivity index (χ0) is 10.5. The Kier molecular flexibility index (Phi) is 4.95. The second-order valence-corrected chi connectivity index (χ2v) is 3.37. The summed E-state index contributed by atoms with van der Waals surface area (Å²) in [5, 5.41) is 21.2. The molecule has 0 aliphatic carbocycles. The van der Waals surface area contributed by atoms with Gasteiger partial charge >= 0.3 is 5.97 Å². The second kappa shape index (κ2) is 5.19. The average molecular weight is 189 g/mol. The number of hydrogen-bond donors (Lipinski definition) is 3. The minimum Gasteiger partial charge on any atom is -0.480 e. The molecule has 0 aliphatic heterocycles. The molecule has 0 bridgehead atoms. The van der Waals surface area contributed by atoms with E-state index in [2.05, 4.69) is 5.32 Å². The molecule has 0 fully saturated rings. The first-order valence-corrected chi connectivity index (χ1v) is 4.63.